The Labute approximate surface area is 171 Å². The second-order valence-electron chi connectivity index (χ2n) is 7.77. The van der Waals surface area contributed by atoms with Gasteiger partial charge in [-0.2, -0.15) is 0 Å². The minimum Gasteiger partial charge on any atom is -0.457 e. The summed E-state index contributed by atoms with van der Waals surface area (Å²) in [6.07, 6.45) is 4.78. The lowest BCUT2D eigenvalue weighted by Gasteiger charge is -2.27. The lowest BCUT2D eigenvalue weighted by molar-refractivity contribution is 0.445. The van der Waals surface area contributed by atoms with Crippen molar-refractivity contribution in [1.82, 2.24) is 0 Å². The molecule has 1 aliphatic heterocycles. The molecule has 0 unspecified atom stereocenters. The number of nitrogens with one attached hydrogen (secondary N) is 2. The highest BCUT2D eigenvalue weighted by molar-refractivity contribution is 6.03. The van der Waals surface area contributed by atoms with Gasteiger partial charge in [0.05, 0.1) is 6.54 Å². The van der Waals surface area contributed by atoms with Crippen molar-refractivity contribution >= 4 is 17.2 Å². The van der Waals surface area contributed by atoms with Crippen molar-refractivity contribution in [2.45, 2.75) is 38.3 Å². The van der Waals surface area contributed by atoms with Crippen LogP contribution in [0.4, 0.5) is 11.4 Å². The smallest absolute Gasteiger partial charge is 0.127 e. The van der Waals surface area contributed by atoms with Gasteiger partial charge in [-0.05, 0) is 66.8 Å². The van der Waals surface area contributed by atoms with E-state index in [1.54, 1.807) is 0 Å². The largest absolute Gasteiger partial charge is 0.457 e. The second-order valence-corrected chi connectivity index (χ2v) is 7.77. The van der Waals surface area contributed by atoms with Crippen molar-refractivity contribution in [3.63, 3.8) is 0 Å². The van der Waals surface area contributed by atoms with E-state index in [4.69, 9.17) is 9.73 Å². The Morgan fingerprint density at radius 3 is 2.48 bits per heavy atom. The average molecular weight is 383 g/mol. The number of nitrogens with zero attached hydrogens (tertiary/aromatic N) is 1. The van der Waals surface area contributed by atoms with Gasteiger partial charge in [0.2, 0.25) is 0 Å². The maximum atomic E-state index is 5.85. The summed E-state index contributed by atoms with van der Waals surface area (Å²) in [5, 5.41) is 7.10. The van der Waals surface area contributed by atoms with Crippen LogP contribution in [0.3, 0.4) is 0 Å². The van der Waals surface area contributed by atoms with Crippen LogP contribution in [-0.2, 0) is 13.0 Å². The molecule has 0 atom stereocenters. The van der Waals surface area contributed by atoms with Gasteiger partial charge < -0.3 is 15.4 Å². The molecule has 29 heavy (non-hydrogen) atoms. The number of amidine groups is 1. The Bertz CT molecular complexity index is 1010. The number of fused-ring (bicyclic) bond motifs is 1. The monoisotopic (exact) mass is 383 g/mol. The van der Waals surface area contributed by atoms with Crippen molar-refractivity contribution in [3.05, 3.63) is 83.9 Å². The maximum Gasteiger partial charge on any atom is 0.127 e. The fourth-order valence-corrected chi connectivity index (χ4v) is 3.67. The molecule has 0 saturated heterocycles. The molecule has 2 N–H and O–H groups in total. The normalized spacial score (nSPS) is 16.8. The molecule has 3 aromatic rings. The van der Waals surface area contributed by atoms with Gasteiger partial charge in [0.1, 0.15) is 17.3 Å². The maximum absolute atomic E-state index is 5.85. The molecule has 0 aromatic heterocycles. The first-order valence-electron chi connectivity index (χ1n) is 10.3. The number of benzene rings is 3. The van der Waals surface area contributed by atoms with Crippen LogP contribution < -0.4 is 15.4 Å². The molecule has 0 amide bonds. The number of para-hydroxylation sites is 1. The molecule has 0 radical (unpaired) electrons. The van der Waals surface area contributed by atoms with Gasteiger partial charge in [0.25, 0.3) is 0 Å². The van der Waals surface area contributed by atoms with Gasteiger partial charge in [-0.3, -0.25) is 4.99 Å². The van der Waals surface area contributed by atoms with Crippen LogP contribution in [0.1, 0.15) is 30.4 Å². The lowest BCUT2D eigenvalue weighted by Crippen LogP contribution is -2.26. The molecular formula is C25H25N3O. The number of ether oxygens (including phenoxy) is 1. The molecule has 4 heteroatoms. The predicted octanol–water partition coefficient (Wildman–Crippen LogP) is 6.01. The Hall–Kier alpha value is -3.27. The minimum absolute atomic E-state index is 0.649. The molecule has 4 nitrogen and oxygen atoms in total. The van der Waals surface area contributed by atoms with Gasteiger partial charge in [-0.15, -0.1) is 0 Å². The second kappa shape index (κ2) is 8.00. The highest BCUT2D eigenvalue weighted by Gasteiger charge is 2.19. The molecular weight excluding hydrogens is 358 g/mol. The van der Waals surface area contributed by atoms with Gasteiger partial charge in [-0.25, -0.2) is 0 Å². The first-order chi connectivity index (χ1) is 14.3. The van der Waals surface area contributed by atoms with Gasteiger partial charge in [0, 0.05) is 23.8 Å². The van der Waals surface area contributed by atoms with Crippen molar-refractivity contribution in [3.8, 4) is 11.5 Å². The third-order valence-corrected chi connectivity index (χ3v) is 5.58. The molecule has 3 aromatic carbocycles. The summed E-state index contributed by atoms with van der Waals surface area (Å²) in [6, 6.07) is 25.2. The minimum atomic E-state index is 0.649. The number of anilines is 2. The highest BCUT2D eigenvalue weighted by Crippen LogP contribution is 2.30. The van der Waals surface area contributed by atoms with Crippen molar-refractivity contribution in [1.29, 1.82) is 0 Å². The summed E-state index contributed by atoms with van der Waals surface area (Å²) in [6.45, 7) is 0.662. The fraction of sp³-hybridized carbons (Fsp3) is 0.240. The van der Waals surface area contributed by atoms with E-state index in [2.05, 4.69) is 41.0 Å². The van der Waals surface area contributed by atoms with E-state index in [-0.39, 0.29) is 0 Å². The molecule has 2 aliphatic rings. The van der Waals surface area contributed by atoms with Crippen LogP contribution in [-0.4, -0.2) is 11.9 Å². The summed E-state index contributed by atoms with van der Waals surface area (Å²) < 4.78 is 5.85. The quantitative estimate of drug-likeness (QED) is 0.548. The molecule has 1 saturated carbocycles. The molecule has 1 aliphatic carbocycles. The zero-order chi connectivity index (χ0) is 19.5. The Kier molecular flexibility index (Phi) is 4.91. The Morgan fingerprint density at radius 1 is 0.931 bits per heavy atom. The number of aliphatic imine (C=N–C) groups is 1. The SMILES string of the molecule is c1ccc(Oc2ccc(CN=C3Cc4ccc(NC5CCC5)cc4N3)cc2)cc1. The van der Waals surface area contributed by atoms with E-state index in [1.165, 1.54) is 41.8 Å². The van der Waals surface area contributed by atoms with Crippen LogP contribution in [0.5, 0.6) is 11.5 Å². The zero-order valence-electron chi connectivity index (χ0n) is 16.4. The first kappa shape index (κ1) is 17.8. The average Bonchev–Trinajstić information content (AvgIpc) is 3.13. The van der Waals surface area contributed by atoms with Crippen molar-refractivity contribution < 1.29 is 4.74 Å². The van der Waals surface area contributed by atoms with Gasteiger partial charge >= 0.3 is 0 Å². The molecule has 1 heterocycles. The summed E-state index contributed by atoms with van der Waals surface area (Å²) in [5.74, 6) is 2.72. The fourth-order valence-electron chi connectivity index (χ4n) is 3.67. The summed E-state index contributed by atoms with van der Waals surface area (Å²) in [5.41, 5.74) is 4.87. The Morgan fingerprint density at radius 2 is 1.72 bits per heavy atom. The zero-order valence-corrected chi connectivity index (χ0v) is 16.4. The van der Waals surface area contributed by atoms with Crippen LogP contribution >= 0.6 is 0 Å². The molecule has 0 spiro atoms. The van der Waals surface area contributed by atoms with E-state index in [0.29, 0.717) is 12.6 Å². The molecule has 1 fully saturated rings. The van der Waals surface area contributed by atoms with E-state index in [9.17, 15) is 0 Å². The summed E-state index contributed by atoms with van der Waals surface area (Å²) in [7, 11) is 0. The summed E-state index contributed by atoms with van der Waals surface area (Å²) in [4.78, 5) is 4.78. The number of hydrogen-bond donors (Lipinski definition) is 2. The van der Waals surface area contributed by atoms with Crippen LogP contribution in [0, 0.1) is 0 Å². The highest BCUT2D eigenvalue weighted by atomic mass is 16.5. The van der Waals surface area contributed by atoms with Crippen LogP contribution in [0.25, 0.3) is 0 Å². The van der Waals surface area contributed by atoms with Crippen LogP contribution in [0.2, 0.25) is 0 Å². The topological polar surface area (TPSA) is 45.6 Å². The van der Waals surface area contributed by atoms with Crippen LogP contribution in [0.15, 0.2) is 77.8 Å². The summed E-state index contributed by atoms with van der Waals surface area (Å²) >= 11 is 0. The number of rotatable bonds is 6. The van der Waals surface area contributed by atoms with E-state index >= 15 is 0 Å². The van der Waals surface area contributed by atoms with Crippen molar-refractivity contribution in [2.75, 3.05) is 10.6 Å². The van der Waals surface area contributed by atoms with Gasteiger partial charge in [0.15, 0.2) is 0 Å². The Balaban J connectivity index is 1.19. The third-order valence-electron chi connectivity index (χ3n) is 5.58. The third kappa shape index (κ3) is 4.27. The lowest BCUT2D eigenvalue weighted by atomic mass is 9.93. The van der Waals surface area contributed by atoms with E-state index < -0.39 is 0 Å². The first-order valence-corrected chi connectivity index (χ1v) is 10.3. The van der Waals surface area contributed by atoms with Crippen molar-refractivity contribution in [2.24, 2.45) is 4.99 Å². The molecule has 0 bridgehead atoms. The predicted molar refractivity (Wildman–Crippen MR) is 119 cm³/mol. The molecule has 146 valence electrons. The van der Waals surface area contributed by atoms with E-state index in [0.717, 1.165) is 23.8 Å². The van der Waals surface area contributed by atoms with Gasteiger partial charge in [-0.1, -0.05) is 36.4 Å². The molecule has 5 rings (SSSR count). The number of hydrogen-bond acceptors (Lipinski definition) is 3. The van der Waals surface area contributed by atoms with E-state index in [1.807, 2.05) is 42.5 Å². The standard InChI is InChI=1S/C25H25N3O/c1-2-7-22(8-3-1)29-23-13-9-18(10-14-23)17-26-25-15-19-11-12-21(16-24(19)28-25)27-20-5-4-6-20/h1-3,7-14,16,20,27H,4-6,15,17H2,(H,26,28).